The van der Waals surface area contributed by atoms with Crippen molar-refractivity contribution in [3.8, 4) is 5.75 Å². The fourth-order valence-corrected chi connectivity index (χ4v) is 2.70. The minimum atomic E-state index is 0.113. The van der Waals surface area contributed by atoms with E-state index >= 15 is 0 Å². The molecule has 1 amide bonds. The first kappa shape index (κ1) is 13.9. The molecule has 4 nitrogen and oxygen atoms in total. The summed E-state index contributed by atoms with van der Waals surface area (Å²) in [4.78, 5) is 14.4. The van der Waals surface area contributed by atoms with E-state index in [4.69, 9.17) is 4.74 Å². The van der Waals surface area contributed by atoms with Gasteiger partial charge in [-0.2, -0.15) is 0 Å². The molecule has 1 N–H and O–H groups in total. The van der Waals surface area contributed by atoms with Crippen LogP contribution in [-0.4, -0.2) is 43.6 Å². The SMILES string of the molecule is COc1c(C)cc(C(=O)N2CCN[C@H](C)C2)cc1C. The average Bonchev–Trinajstić information content (AvgIpc) is 2.37. The molecule has 0 spiro atoms. The molecule has 2 rings (SSSR count). The lowest BCUT2D eigenvalue weighted by molar-refractivity contribution is 0.0709. The first-order chi connectivity index (χ1) is 9.02. The molecular weight excluding hydrogens is 240 g/mol. The number of rotatable bonds is 2. The second-order valence-corrected chi connectivity index (χ2v) is 5.25. The van der Waals surface area contributed by atoms with Gasteiger partial charge in [0, 0.05) is 31.2 Å². The maximum Gasteiger partial charge on any atom is 0.253 e. The number of carbonyl (C=O) groups is 1. The van der Waals surface area contributed by atoms with Gasteiger partial charge in [-0.05, 0) is 44.0 Å². The topological polar surface area (TPSA) is 41.6 Å². The van der Waals surface area contributed by atoms with E-state index in [1.165, 1.54) is 0 Å². The Morgan fingerprint density at radius 1 is 1.37 bits per heavy atom. The van der Waals surface area contributed by atoms with Crippen molar-refractivity contribution in [3.05, 3.63) is 28.8 Å². The highest BCUT2D eigenvalue weighted by molar-refractivity contribution is 5.95. The largest absolute Gasteiger partial charge is 0.496 e. The van der Waals surface area contributed by atoms with Crippen molar-refractivity contribution in [1.29, 1.82) is 0 Å². The number of aryl methyl sites for hydroxylation is 2. The van der Waals surface area contributed by atoms with E-state index in [9.17, 15) is 4.79 Å². The van der Waals surface area contributed by atoms with Crippen LogP contribution in [0.1, 0.15) is 28.4 Å². The molecule has 0 bridgehead atoms. The summed E-state index contributed by atoms with van der Waals surface area (Å²) >= 11 is 0. The second kappa shape index (κ2) is 5.61. The first-order valence-corrected chi connectivity index (χ1v) is 6.71. The number of nitrogens with one attached hydrogen (secondary N) is 1. The molecule has 0 unspecified atom stereocenters. The summed E-state index contributed by atoms with van der Waals surface area (Å²) in [5, 5.41) is 3.35. The van der Waals surface area contributed by atoms with E-state index in [0.717, 1.165) is 42.1 Å². The number of nitrogens with zero attached hydrogens (tertiary/aromatic N) is 1. The fraction of sp³-hybridized carbons (Fsp3) is 0.533. The number of amides is 1. The molecule has 1 fully saturated rings. The Kier molecular flexibility index (Phi) is 4.10. The maximum absolute atomic E-state index is 12.5. The number of carbonyl (C=O) groups excluding carboxylic acids is 1. The van der Waals surface area contributed by atoms with Gasteiger partial charge in [-0.15, -0.1) is 0 Å². The molecular formula is C15H22N2O2. The summed E-state index contributed by atoms with van der Waals surface area (Å²) in [5.41, 5.74) is 2.77. The van der Waals surface area contributed by atoms with Gasteiger partial charge in [0.15, 0.2) is 0 Å². The summed E-state index contributed by atoms with van der Waals surface area (Å²) in [7, 11) is 1.66. The Hall–Kier alpha value is -1.55. The van der Waals surface area contributed by atoms with E-state index in [-0.39, 0.29) is 5.91 Å². The third-order valence-corrected chi connectivity index (χ3v) is 3.57. The van der Waals surface area contributed by atoms with Crippen LogP contribution in [0.3, 0.4) is 0 Å². The zero-order chi connectivity index (χ0) is 14.0. The number of hydrogen-bond donors (Lipinski definition) is 1. The van der Waals surface area contributed by atoms with E-state index in [0.29, 0.717) is 6.04 Å². The van der Waals surface area contributed by atoms with Crippen molar-refractivity contribution < 1.29 is 9.53 Å². The molecule has 1 aliphatic heterocycles. The van der Waals surface area contributed by atoms with Gasteiger partial charge in [0.2, 0.25) is 0 Å². The number of ether oxygens (including phenoxy) is 1. The van der Waals surface area contributed by atoms with Crippen molar-refractivity contribution in [2.45, 2.75) is 26.8 Å². The quantitative estimate of drug-likeness (QED) is 0.883. The van der Waals surface area contributed by atoms with Gasteiger partial charge in [-0.3, -0.25) is 4.79 Å². The normalized spacial score (nSPS) is 19.4. The van der Waals surface area contributed by atoms with Gasteiger partial charge in [-0.1, -0.05) is 0 Å². The minimum absolute atomic E-state index is 0.113. The van der Waals surface area contributed by atoms with Crippen molar-refractivity contribution in [2.24, 2.45) is 0 Å². The molecule has 0 radical (unpaired) electrons. The van der Waals surface area contributed by atoms with E-state index in [1.807, 2.05) is 30.9 Å². The first-order valence-electron chi connectivity index (χ1n) is 6.71. The lowest BCUT2D eigenvalue weighted by Gasteiger charge is -2.32. The summed E-state index contributed by atoms with van der Waals surface area (Å²) in [5.74, 6) is 0.979. The number of benzene rings is 1. The Bertz CT molecular complexity index is 462. The molecule has 4 heteroatoms. The van der Waals surface area contributed by atoms with Crippen molar-refractivity contribution in [1.82, 2.24) is 10.2 Å². The van der Waals surface area contributed by atoms with Crippen LogP contribution in [0.4, 0.5) is 0 Å². The van der Waals surface area contributed by atoms with E-state index in [2.05, 4.69) is 12.2 Å². The predicted molar refractivity (Wildman–Crippen MR) is 75.8 cm³/mol. The van der Waals surface area contributed by atoms with Gasteiger partial charge >= 0.3 is 0 Å². The minimum Gasteiger partial charge on any atom is -0.496 e. The zero-order valence-corrected chi connectivity index (χ0v) is 12.1. The highest BCUT2D eigenvalue weighted by Gasteiger charge is 2.22. The number of methoxy groups -OCH3 is 1. The molecule has 0 aromatic heterocycles. The van der Waals surface area contributed by atoms with Crippen LogP contribution in [0.5, 0.6) is 5.75 Å². The second-order valence-electron chi connectivity index (χ2n) is 5.25. The van der Waals surface area contributed by atoms with Gasteiger partial charge in [0.1, 0.15) is 5.75 Å². The van der Waals surface area contributed by atoms with Crippen LogP contribution >= 0.6 is 0 Å². The van der Waals surface area contributed by atoms with Crippen LogP contribution in [0.2, 0.25) is 0 Å². The predicted octanol–water partition coefficient (Wildman–Crippen LogP) is 1.75. The van der Waals surface area contributed by atoms with Gasteiger partial charge in [-0.25, -0.2) is 0 Å². The van der Waals surface area contributed by atoms with Crippen molar-refractivity contribution >= 4 is 5.91 Å². The summed E-state index contributed by atoms with van der Waals surface area (Å²) in [6, 6.07) is 4.19. The smallest absolute Gasteiger partial charge is 0.253 e. The highest BCUT2D eigenvalue weighted by atomic mass is 16.5. The van der Waals surface area contributed by atoms with E-state index < -0.39 is 0 Å². The Labute approximate surface area is 114 Å². The Morgan fingerprint density at radius 2 is 2.00 bits per heavy atom. The standard InChI is InChI=1S/C15H22N2O2/c1-10-7-13(8-11(2)14(10)19-4)15(18)17-6-5-16-12(3)9-17/h7-8,12,16H,5-6,9H2,1-4H3/t12-/m1/s1. The molecule has 19 heavy (non-hydrogen) atoms. The molecule has 1 aromatic carbocycles. The summed E-state index contributed by atoms with van der Waals surface area (Å²) in [6.45, 7) is 8.45. The third-order valence-electron chi connectivity index (χ3n) is 3.57. The fourth-order valence-electron chi connectivity index (χ4n) is 2.70. The maximum atomic E-state index is 12.5. The molecule has 1 atom stereocenters. The number of piperazine rings is 1. The third kappa shape index (κ3) is 2.89. The Morgan fingerprint density at radius 3 is 2.53 bits per heavy atom. The number of hydrogen-bond acceptors (Lipinski definition) is 3. The van der Waals surface area contributed by atoms with E-state index in [1.54, 1.807) is 7.11 Å². The van der Waals surface area contributed by atoms with Crippen LogP contribution in [-0.2, 0) is 0 Å². The molecule has 104 valence electrons. The summed E-state index contributed by atoms with van der Waals surface area (Å²) in [6.07, 6.45) is 0. The molecule has 1 aromatic rings. The molecule has 1 heterocycles. The van der Waals surface area contributed by atoms with Crippen LogP contribution in [0, 0.1) is 13.8 Å². The molecule has 0 aliphatic carbocycles. The van der Waals surface area contributed by atoms with Crippen LogP contribution in [0.15, 0.2) is 12.1 Å². The monoisotopic (exact) mass is 262 g/mol. The van der Waals surface area contributed by atoms with Crippen LogP contribution < -0.4 is 10.1 Å². The average molecular weight is 262 g/mol. The Balaban J connectivity index is 2.24. The lowest BCUT2D eigenvalue weighted by Crippen LogP contribution is -2.51. The molecule has 0 saturated carbocycles. The van der Waals surface area contributed by atoms with Gasteiger partial charge in [0.05, 0.1) is 7.11 Å². The highest BCUT2D eigenvalue weighted by Crippen LogP contribution is 2.25. The van der Waals surface area contributed by atoms with Crippen molar-refractivity contribution in [2.75, 3.05) is 26.7 Å². The van der Waals surface area contributed by atoms with Crippen LogP contribution in [0.25, 0.3) is 0 Å². The van der Waals surface area contributed by atoms with Crippen molar-refractivity contribution in [3.63, 3.8) is 0 Å². The van der Waals surface area contributed by atoms with Gasteiger partial charge in [0.25, 0.3) is 5.91 Å². The summed E-state index contributed by atoms with van der Waals surface area (Å²) < 4.78 is 5.34. The molecule has 1 aliphatic rings. The lowest BCUT2D eigenvalue weighted by atomic mass is 10.0. The molecule has 1 saturated heterocycles. The van der Waals surface area contributed by atoms with Gasteiger partial charge < -0.3 is 15.0 Å². The zero-order valence-electron chi connectivity index (χ0n) is 12.1.